The van der Waals surface area contributed by atoms with Gasteiger partial charge in [-0.15, -0.1) is 0 Å². The van der Waals surface area contributed by atoms with Crippen LogP contribution in [0.1, 0.15) is 17.0 Å². The summed E-state index contributed by atoms with van der Waals surface area (Å²) in [6, 6.07) is 17.4. The number of para-hydroxylation sites is 1. The minimum atomic E-state index is -0.707. The molecule has 0 fully saturated rings. The third-order valence-electron chi connectivity index (χ3n) is 5.57. The Morgan fingerprint density at radius 2 is 1.81 bits per heavy atom. The van der Waals surface area contributed by atoms with Gasteiger partial charge in [-0.05, 0) is 24.3 Å². The third kappa shape index (κ3) is 5.08. The fourth-order valence-electron chi connectivity index (χ4n) is 3.93. The molecule has 0 radical (unpaired) electrons. The lowest BCUT2D eigenvalue weighted by atomic mass is 9.83. The van der Waals surface area contributed by atoms with Gasteiger partial charge in [0.25, 0.3) is 5.69 Å². The van der Waals surface area contributed by atoms with E-state index in [1.165, 1.54) is 44.6 Å². The number of allylic oxidation sites excluding steroid dienone is 1. The number of methoxy groups -OCH3 is 2. The number of esters is 1. The first-order chi connectivity index (χ1) is 17.9. The lowest BCUT2D eigenvalue weighted by Crippen LogP contribution is -2.22. The van der Waals surface area contributed by atoms with E-state index in [0.29, 0.717) is 28.4 Å². The minimum Gasteiger partial charge on any atom is -0.493 e. The lowest BCUT2D eigenvalue weighted by molar-refractivity contribution is -0.384. The van der Waals surface area contributed by atoms with Crippen molar-refractivity contribution >= 4 is 11.7 Å². The molecule has 0 bridgehead atoms. The van der Waals surface area contributed by atoms with Crippen molar-refractivity contribution in [1.29, 1.82) is 5.26 Å². The third-order valence-corrected chi connectivity index (χ3v) is 5.57. The molecular formula is C26H21N3O8. The standard InChI is InChI=1S/C26H21N3O8/c1-33-21-5-3-4-19(25(21)34-2)24-18-11-10-17(12-22(18)37-26(28)20(24)13-27)36-23(30)14-35-16-8-6-15(7-9-16)29(31)32/h3-12,24H,14,28H2,1-2H3. The van der Waals surface area contributed by atoms with Crippen LogP contribution >= 0.6 is 0 Å². The molecule has 1 atom stereocenters. The number of ether oxygens (including phenoxy) is 5. The van der Waals surface area contributed by atoms with Crippen LogP contribution in [0.5, 0.6) is 28.7 Å². The summed E-state index contributed by atoms with van der Waals surface area (Å²) >= 11 is 0. The van der Waals surface area contributed by atoms with Gasteiger partial charge in [-0.3, -0.25) is 10.1 Å². The molecule has 37 heavy (non-hydrogen) atoms. The summed E-state index contributed by atoms with van der Waals surface area (Å²) in [5.41, 5.74) is 7.43. The van der Waals surface area contributed by atoms with Crippen molar-refractivity contribution in [2.75, 3.05) is 20.8 Å². The molecule has 0 saturated heterocycles. The first kappa shape index (κ1) is 24.9. The number of nitriles is 1. The number of non-ortho nitro benzene ring substituents is 1. The molecule has 0 spiro atoms. The molecule has 188 valence electrons. The predicted octanol–water partition coefficient (Wildman–Crippen LogP) is 3.81. The Morgan fingerprint density at radius 3 is 2.46 bits per heavy atom. The van der Waals surface area contributed by atoms with Crippen LogP contribution in [0.15, 0.2) is 72.1 Å². The van der Waals surface area contributed by atoms with E-state index < -0.39 is 23.4 Å². The van der Waals surface area contributed by atoms with Crippen molar-refractivity contribution in [3.05, 3.63) is 93.4 Å². The largest absolute Gasteiger partial charge is 0.493 e. The van der Waals surface area contributed by atoms with Crippen molar-refractivity contribution in [1.82, 2.24) is 0 Å². The van der Waals surface area contributed by atoms with Gasteiger partial charge in [0.15, 0.2) is 18.1 Å². The molecule has 3 aromatic rings. The molecule has 0 aromatic heterocycles. The summed E-state index contributed by atoms with van der Waals surface area (Å²) in [5, 5.41) is 20.6. The normalized spacial score (nSPS) is 14.0. The Balaban J connectivity index is 1.56. The van der Waals surface area contributed by atoms with E-state index in [0.717, 1.165) is 0 Å². The van der Waals surface area contributed by atoms with Gasteiger partial charge in [0.2, 0.25) is 5.88 Å². The number of nitro groups is 1. The van der Waals surface area contributed by atoms with Gasteiger partial charge in [-0.1, -0.05) is 18.2 Å². The summed E-state index contributed by atoms with van der Waals surface area (Å²) < 4.78 is 27.3. The smallest absolute Gasteiger partial charge is 0.349 e. The second-order valence-electron chi connectivity index (χ2n) is 7.72. The Hall–Kier alpha value is -5.24. The van der Waals surface area contributed by atoms with Crippen LogP contribution in [0, 0.1) is 21.4 Å². The van der Waals surface area contributed by atoms with E-state index in [1.54, 1.807) is 30.3 Å². The van der Waals surface area contributed by atoms with Crippen LogP contribution in [0.2, 0.25) is 0 Å². The second kappa shape index (κ2) is 10.6. The Kier molecular flexibility index (Phi) is 7.11. The van der Waals surface area contributed by atoms with Crippen molar-refractivity contribution < 1.29 is 33.4 Å². The number of rotatable bonds is 8. The molecule has 1 aliphatic rings. The predicted molar refractivity (Wildman–Crippen MR) is 130 cm³/mol. The molecule has 0 amide bonds. The molecular weight excluding hydrogens is 482 g/mol. The number of hydrogen-bond acceptors (Lipinski definition) is 10. The SMILES string of the molecule is COc1cccc(C2C(C#N)=C(N)Oc3cc(OC(=O)COc4ccc([N+](=O)[O-])cc4)ccc32)c1OC. The summed E-state index contributed by atoms with van der Waals surface area (Å²) in [4.78, 5) is 22.5. The molecule has 11 nitrogen and oxygen atoms in total. The van der Waals surface area contributed by atoms with Crippen LogP contribution < -0.4 is 29.4 Å². The molecule has 11 heteroatoms. The zero-order chi connectivity index (χ0) is 26.5. The Morgan fingerprint density at radius 1 is 1.08 bits per heavy atom. The van der Waals surface area contributed by atoms with E-state index >= 15 is 0 Å². The van der Waals surface area contributed by atoms with Gasteiger partial charge in [-0.2, -0.15) is 5.26 Å². The average molecular weight is 503 g/mol. The van der Waals surface area contributed by atoms with Crippen LogP contribution in [0.25, 0.3) is 0 Å². The topological polar surface area (TPSA) is 156 Å². The maximum absolute atomic E-state index is 12.3. The highest BCUT2D eigenvalue weighted by atomic mass is 16.6. The molecule has 1 unspecified atom stereocenters. The fraction of sp³-hybridized carbons (Fsp3) is 0.154. The monoisotopic (exact) mass is 503 g/mol. The van der Waals surface area contributed by atoms with Gasteiger partial charge in [0, 0.05) is 29.3 Å². The maximum Gasteiger partial charge on any atom is 0.349 e. The number of nitrogens with two attached hydrogens (primary N) is 1. The second-order valence-corrected chi connectivity index (χ2v) is 7.72. The molecule has 3 aromatic carbocycles. The van der Waals surface area contributed by atoms with Crippen LogP contribution in [-0.2, 0) is 4.79 Å². The first-order valence-corrected chi connectivity index (χ1v) is 10.9. The Bertz CT molecular complexity index is 1430. The van der Waals surface area contributed by atoms with E-state index in [9.17, 15) is 20.2 Å². The van der Waals surface area contributed by atoms with Crippen molar-refractivity contribution in [3.63, 3.8) is 0 Å². The number of carbonyl (C=O) groups excluding carboxylic acids is 1. The molecule has 1 aliphatic heterocycles. The molecule has 0 aliphatic carbocycles. The first-order valence-electron chi connectivity index (χ1n) is 10.9. The van der Waals surface area contributed by atoms with Gasteiger partial charge in [0.05, 0.1) is 25.1 Å². The summed E-state index contributed by atoms with van der Waals surface area (Å²) in [6.45, 7) is -0.431. The molecule has 2 N–H and O–H groups in total. The van der Waals surface area contributed by atoms with Gasteiger partial charge in [-0.25, -0.2) is 4.79 Å². The number of nitro benzene ring substituents is 1. The number of carbonyl (C=O) groups is 1. The zero-order valence-electron chi connectivity index (χ0n) is 19.8. The summed E-state index contributed by atoms with van der Waals surface area (Å²) in [6.07, 6.45) is 0. The van der Waals surface area contributed by atoms with E-state index in [1.807, 2.05) is 0 Å². The molecule has 0 saturated carbocycles. The Labute approximate surface area is 211 Å². The average Bonchev–Trinajstić information content (AvgIpc) is 2.90. The fourth-order valence-corrected chi connectivity index (χ4v) is 3.93. The number of benzene rings is 3. The summed E-state index contributed by atoms with van der Waals surface area (Å²) in [5.74, 6) is 0.261. The van der Waals surface area contributed by atoms with Gasteiger partial charge < -0.3 is 29.4 Å². The number of fused-ring (bicyclic) bond motifs is 1. The van der Waals surface area contributed by atoms with Crippen LogP contribution in [0.3, 0.4) is 0 Å². The zero-order valence-corrected chi connectivity index (χ0v) is 19.8. The van der Waals surface area contributed by atoms with Gasteiger partial charge >= 0.3 is 5.97 Å². The van der Waals surface area contributed by atoms with Crippen LogP contribution in [0.4, 0.5) is 5.69 Å². The maximum atomic E-state index is 12.3. The molecule has 1 heterocycles. The highest BCUT2D eigenvalue weighted by molar-refractivity contribution is 5.74. The highest BCUT2D eigenvalue weighted by Crippen LogP contribution is 2.47. The quantitative estimate of drug-likeness (QED) is 0.207. The molecule has 4 rings (SSSR count). The number of hydrogen-bond donors (Lipinski definition) is 1. The van der Waals surface area contributed by atoms with E-state index in [-0.39, 0.29) is 28.6 Å². The van der Waals surface area contributed by atoms with Gasteiger partial charge in [0.1, 0.15) is 28.9 Å². The van der Waals surface area contributed by atoms with E-state index in [2.05, 4.69) is 6.07 Å². The van der Waals surface area contributed by atoms with Crippen LogP contribution in [-0.4, -0.2) is 31.7 Å². The summed E-state index contributed by atoms with van der Waals surface area (Å²) in [7, 11) is 3.02. The van der Waals surface area contributed by atoms with Crippen molar-refractivity contribution in [2.45, 2.75) is 5.92 Å². The highest BCUT2D eigenvalue weighted by Gasteiger charge is 2.33. The number of nitrogens with zero attached hydrogens (tertiary/aromatic N) is 2. The van der Waals surface area contributed by atoms with Crippen molar-refractivity contribution in [2.24, 2.45) is 5.73 Å². The van der Waals surface area contributed by atoms with Crippen molar-refractivity contribution in [3.8, 4) is 34.8 Å². The minimum absolute atomic E-state index is 0.0881. The lowest BCUT2D eigenvalue weighted by Gasteiger charge is -2.28. The van der Waals surface area contributed by atoms with E-state index in [4.69, 9.17) is 29.4 Å².